The largest absolute Gasteiger partial charge is 0.293 e. The number of benzene rings is 2. The second kappa shape index (κ2) is 11.4. The van der Waals surface area contributed by atoms with Crippen molar-refractivity contribution in [2.45, 2.75) is 19.8 Å². The number of nitrogens with zero attached hydrogens (tertiary/aromatic N) is 1. The first-order valence-corrected chi connectivity index (χ1v) is 11.3. The number of allylic oxidation sites excluding steroid dienone is 2. The molecule has 32 heavy (non-hydrogen) atoms. The second-order valence-electron chi connectivity index (χ2n) is 7.05. The van der Waals surface area contributed by atoms with E-state index in [1.165, 1.54) is 16.7 Å². The molecule has 6 nitrogen and oxygen atoms in total. The Balaban J connectivity index is 1.43. The minimum Gasteiger partial charge on any atom is -0.293 e. The molecule has 0 atom stereocenters. The number of amides is 3. The third-order valence-corrected chi connectivity index (χ3v) is 6.10. The lowest BCUT2D eigenvalue weighted by Gasteiger charge is -2.14. The molecule has 2 aromatic carbocycles. The fraction of sp³-hybridized carbons (Fsp3) is 0.167. The standard InChI is InChI=1S/C24H23N3O3S2/c1-17-9-5-6-13-19(17)22(29)26-25-21(28)15-8-16-27-23(30)20(32-24(27)31)14-7-12-18-10-3-2-4-11-18/h2-7,9-14H,8,15-16H2,1H3,(H,25,28)(H,26,29)/b12-7+,20-14-. The summed E-state index contributed by atoms with van der Waals surface area (Å²) in [5, 5.41) is 0. The number of aryl methyl sites for hydroxylation is 1. The Bertz CT molecular complexity index is 1080. The van der Waals surface area contributed by atoms with Crippen molar-refractivity contribution in [2.24, 2.45) is 0 Å². The molecule has 2 N–H and O–H groups in total. The molecule has 1 aliphatic heterocycles. The maximum atomic E-state index is 12.6. The van der Waals surface area contributed by atoms with Gasteiger partial charge < -0.3 is 0 Å². The lowest BCUT2D eigenvalue weighted by molar-refractivity contribution is -0.124. The van der Waals surface area contributed by atoms with Crippen molar-refractivity contribution < 1.29 is 14.4 Å². The van der Waals surface area contributed by atoms with E-state index in [-0.39, 0.29) is 24.1 Å². The van der Waals surface area contributed by atoms with Crippen LogP contribution in [-0.2, 0) is 9.59 Å². The molecular formula is C24H23N3O3S2. The molecule has 0 aromatic heterocycles. The maximum absolute atomic E-state index is 12.6. The van der Waals surface area contributed by atoms with Crippen molar-refractivity contribution in [3.8, 4) is 0 Å². The summed E-state index contributed by atoms with van der Waals surface area (Å²) in [6.07, 6.45) is 6.07. The summed E-state index contributed by atoms with van der Waals surface area (Å²) in [7, 11) is 0. The third-order valence-electron chi connectivity index (χ3n) is 4.70. The predicted molar refractivity (Wildman–Crippen MR) is 131 cm³/mol. The Hall–Kier alpha value is -3.23. The quantitative estimate of drug-likeness (QED) is 0.367. The van der Waals surface area contributed by atoms with Gasteiger partial charge in [-0.15, -0.1) is 0 Å². The average Bonchev–Trinajstić information content (AvgIpc) is 3.06. The van der Waals surface area contributed by atoms with Gasteiger partial charge in [0.15, 0.2) is 0 Å². The Morgan fingerprint density at radius 2 is 1.78 bits per heavy atom. The molecule has 1 saturated heterocycles. The van der Waals surface area contributed by atoms with E-state index in [0.29, 0.717) is 27.8 Å². The normalized spacial score (nSPS) is 14.9. The molecule has 0 bridgehead atoms. The number of hydrogen-bond acceptors (Lipinski definition) is 5. The second-order valence-corrected chi connectivity index (χ2v) is 8.72. The zero-order valence-corrected chi connectivity index (χ0v) is 19.2. The van der Waals surface area contributed by atoms with Gasteiger partial charge in [0.1, 0.15) is 4.32 Å². The van der Waals surface area contributed by atoms with Crippen molar-refractivity contribution in [1.29, 1.82) is 0 Å². The number of hydrogen-bond donors (Lipinski definition) is 2. The SMILES string of the molecule is Cc1ccccc1C(=O)NNC(=O)CCCN1C(=O)/C(=C/C=C/c2ccccc2)SC1=S. The van der Waals surface area contributed by atoms with Crippen LogP contribution in [0, 0.1) is 6.92 Å². The van der Waals surface area contributed by atoms with Gasteiger partial charge in [0.2, 0.25) is 5.91 Å². The molecule has 3 rings (SSSR count). The smallest absolute Gasteiger partial charge is 0.269 e. The van der Waals surface area contributed by atoms with E-state index in [4.69, 9.17) is 12.2 Å². The molecule has 3 amide bonds. The van der Waals surface area contributed by atoms with Crippen molar-refractivity contribution >= 4 is 52.1 Å². The van der Waals surface area contributed by atoms with E-state index < -0.39 is 0 Å². The van der Waals surface area contributed by atoms with E-state index in [1.54, 1.807) is 18.2 Å². The first-order chi connectivity index (χ1) is 15.5. The van der Waals surface area contributed by atoms with Crippen LogP contribution >= 0.6 is 24.0 Å². The van der Waals surface area contributed by atoms with Crippen LogP contribution in [0.1, 0.15) is 34.3 Å². The molecule has 0 spiro atoms. The maximum Gasteiger partial charge on any atom is 0.269 e. The molecule has 0 aliphatic carbocycles. The molecule has 164 valence electrons. The van der Waals surface area contributed by atoms with Gasteiger partial charge in [0.25, 0.3) is 11.8 Å². The van der Waals surface area contributed by atoms with Gasteiger partial charge in [-0.1, -0.05) is 84.7 Å². The van der Waals surface area contributed by atoms with Crippen LogP contribution in [-0.4, -0.2) is 33.5 Å². The zero-order valence-electron chi connectivity index (χ0n) is 17.5. The average molecular weight is 466 g/mol. The van der Waals surface area contributed by atoms with Gasteiger partial charge in [-0.05, 0) is 36.6 Å². The number of thiocarbonyl (C=S) groups is 1. The molecule has 0 unspecified atom stereocenters. The number of nitrogens with one attached hydrogen (secondary N) is 2. The molecular weight excluding hydrogens is 442 g/mol. The lowest BCUT2D eigenvalue weighted by atomic mass is 10.1. The van der Waals surface area contributed by atoms with Crippen LogP contribution < -0.4 is 10.9 Å². The summed E-state index contributed by atoms with van der Waals surface area (Å²) in [4.78, 5) is 38.8. The molecule has 0 radical (unpaired) electrons. The van der Waals surface area contributed by atoms with Gasteiger partial charge >= 0.3 is 0 Å². The highest BCUT2D eigenvalue weighted by atomic mass is 32.2. The van der Waals surface area contributed by atoms with Gasteiger partial charge in [-0.2, -0.15) is 0 Å². The monoisotopic (exact) mass is 465 g/mol. The number of carbonyl (C=O) groups is 3. The minimum atomic E-state index is -0.373. The molecule has 1 aliphatic rings. The van der Waals surface area contributed by atoms with Crippen molar-refractivity contribution in [3.05, 3.63) is 88.3 Å². The summed E-state index contributed by atoms with van der Waals surface area (Å²) in [5.41, 5.74) is 7.18. The van der Waals surface area contributed by atoms with Crippen LogP contribution in [0.15, 0.2) is 71.7 Å². The Labute approximate surface area is 196 Å². The fourth-order valence-corrected chi connectivity index (χ4v) is 4.26. The Morgan fingerprint density at radius 1 is 1.06 bits per heavy atom. The summed E-state index contributed by atoms with van der Waals surface area (Å²) in [6.45, 7) is 2.16. The van der Waals surface area contributed by atoms with Gasteiger partial charge in [-0.3, -0.25) is 30.1 Å². The zero-order chi connectivity index (χ0) is 22.9. The first kappa shape index (κ1) is 23.4. The van der Waals surface area contributed by atoms with Crippen LogP contribution in [0.5, 0.6) is 0 Å². The number of thioether (sulfide) groups is 1. The van der Waals surface area contributed by atoms with Gasteiger partial charge in [-0.25, -0.2) is 0 Å². The van der Waals surface area contributed by atoms with Crippen molar-refractivity contribution in [2.75, 3.05) is 6.54 Å². The van der Waals surface area contributed by atoms with Crippen molar-refractivity contribution in [3.63, 3.8) is 0 Å². The summed E-state index contributed by atoms with van der Waals surface area (Å²) < 4.78 is 0.475. The Kier molecular flexibility index (Phi) is 8.35. The highest BCUT2D eigenvalue weighted by molar-refractivity contribution is 8.26. The molecule has 1 fully saturated rings. The van der Waals surface area contributed by atoms with E-state index >= 15 is 0 Å². The van der Waals surface area contributed by atoms with Crippen LogP contribution in [0.25, 0.3) is 6.08 Å². The number of hydrazine groups is 1. The van der Waals surface area contributed by atoms with E-state index in [1.807, 2.05) is 61.5 Å². The van der Waals surface area contributed by atoms with Gasteiger partial charge in [0.05, 0.1) is 4.91 Å². The van der Waals surface area contributed by atoms with Gasteiger partial charge in [0, 0.05) is 18.5 Å². The van der Waals surface area contributed by atoms with E-state index in [0.717, 1.165) is 11.1 Å². The van der Waals surface area contributed by atoms with Crippen LogP contribution in [0.4, 0.5) is 0 Å². The first-order valence-electron chi connectivity index (χ1n) is 10.1. The van der Waals surface area contributed by atoms with E-state index in [9.17, 15) is 14.4 Å². The predicted octanol–water partition coefficient (Wildman–Crippen LogP) is 3.99. The highest BCUT2D eigenvalue weighted by Crippen LogP contribution is 2.31. The van der Waals surface area contributed by atoms with Crippen LogP contribution in [0.3, 0.4) is 0 Å². The van der Waals surface area contributed by atoms with Crippen LogP contribution in [0.2, 0.25) is 0 Å². The van der Waals surface area contributed by atoms with E-state index in [2.05, 4.69) is 10.9 Å². The molecule has 8 heteroatoms. The third kappa shape index (κ3) is 6.38. The molecule has 1 heterocycles. The minimum absolute atomic E-state index is 0.151. The number of carbonyl (C=O) groups excluding carboxylic acids is 3. The Morgan fingerprint density at radius 3 is 2.53 bits per heavy atom. The van der Waals surface area contributed by atoms with Crippen molar-refractivity contribution in [1.82, 2.24) is 15.8 Å². The topological polar surface area (TPSA) is 78.5 Å². The fourth-order valence-electron chi connectivity index (χ4n) is 3.00. The lowest BCUT2D eigenvalue weighted by Crippen LogP contribution is -2.42. The molecule has 2 aromatic rings. The summed E-state index contributed by atoms with van der Waals surface area (Å²) in [6, 6.07) is 16.9. The summed E-state index contributed by atoms with van der Waals surface area (Å²) in [5.74, 6) is -0.869. The molecule has 0 saturated carbocycles. The summed E-state index contributed by atoms with van der Waals surface area (Å²) >= 11 is 6.56. The highest BCUT2D eigenvalue weighted by Gasteiger charge is 2.31. The number of rotatable bonds is 7.